The van der Waals surface area contributed by atoms with E-state index in [1.54, 1.807) is 12.1 Å². The van der Waals surface area contributed by atoms with Crippen molar-refractivity contribution in [3.8, 4) is 5.75 Å². The smallest absolute Gasteiger partial charge is 0.323 e. The number of urea groups is 1. The lowest BCUT2D eigenvalue weighted by Crippen LogP contribution is -2.20. The predicted molar refractivity (Wildman–Crippen MR) is 83.3 cm³/mol. The van der Waals surface area contributed by atoms with Crippen molar-refractivity contribution in [2.24, 2.45) is 5.14 Å². The first kappa shape index (κ1) is 15.8. The lowest BCUT2D eigenvalue weighted by Gasteiger charge is -2.11. The molecule has 22 heavy (non-hydrogen) atoms. The Bertz CT molecular complexity index is 819. The number of benzene rings is 2. The quantitative estimate of drug-likeness (QED) is 0.646. The molecule has 0 unspecified atom stereocenters. The molecule has 0 radical (unpaired) electrons. The molecule has 116 valence electrons. The number of aromatic hydroxyl groups is 1. The van der Waals surface area contributed by atoms with E-state index in [0.717, 1.165) is 23.8 Å². The van der Waals surface area contributed by atoms with Crippen molar-refractivity contribution in [3.05, 3.63) is 48.0 Å². The van der Waals surface area contributed by atoms with Crippen molar-refractivity contribution < 1.29 is 18.3 Å². The molecule has 0 aliphatic carbocycles. The van der Waals surface area contributed by atoms with Crippen LogP contribution in [0.1, 0.15) is 5.56 Å². The molecule has 2 amide bonds. The van der Waals surface area contributed by atoms with E-state index in [1.165, 1.54) is 0 Å². The Hall–Kier alpha value is -2.58. The monoisotopic (exact) mass is 321 g/mol. The van der Waals surface area contributed by atoms with Gasteiger partial charge in [0.15, 0.2) is 0 Å². The fourth-order valence-corrected chi connectivity index (χ4v) is 2.32. The van der Waals surface area contributed by atoms with Crippen molar-refractivity contribution in [2.45, 2.75) is 11.8 Å². The van der Waals surface area contributed by atoms with Gasteiger partial charge in [-0.2, -0.15) is 0 Å². The number of aryl methyl sites for hydroxylation is 1. The molecule has 0 bridgehead atoms. The molecule has 0 saturated heterocycles. The minimum Gasteiger partial charge on any atom is -0.506 e. The van der Waals surface area contributed by atoms with Crippen LogP contribution in [0.4, 0.5) is 16.2 Å². The van der Waals surface area contributed by atoms with Crippen LogP contribution in [0.25, 0.3) is 0 Å². The molecule has 0 aliphatic heterocycles. The highest BCUT2D eigenvalue weighted by molar-refractivity contribution is 7.89. The van der Waals surface area contributed by atoms with Crippen molar-refractivity contribution in [1.82, 2.24) is 0 Å². The van der Waals surface area contributed by atoms with Gasteiger partial charge in [-0.3, -0.25) is 0 Å². The van der Waals surface area contributed by atoms with Gasteiger partial charge in [-0.1, -0.05) is 18.2 Å². The third-order valence-electron chi connectivity index (χ3n) is 2.94. The molecule has 2 aromatic carbocycles. The maximum Gasteiger partial charge on any atom is 0.323 e. The van der Waals surface area contributed by atoms with Gasteiger partial charge in [0.1, 0.15) is 5.75 Å². The number of phenols is 1. The Morgan fingerprint density at radius 1 is 1.09 bits per heavy atom. The summed E-state index contributed by atoms with van der Waals surface area (Å²) < 4.78 is 22.6. The van der Waals surface area contributed by atoms with Crippen molar-refractivity contribution in [1.29, 1.82) is 0 Å². The van der Waals surface area contributed by atoms with E-state index in [-0.39, 0.29) is 16.3 Å². The lowest BCUT2D eigenvalue weighted by molar-refractivity contribution is 0.262. The number of nitrogens with two attached hydrogens (primary N) is 1. The van der Waals surface area contributed by atoms with Gasteiger partial charge in [0, 0.05) is 5.69 Å². The number of anilines is 2. The summed E-state index contributed by atoms with van der Waals surface area (Å²) in [6, 6.07) is 9.91. The van der Waals surface area contributed by atoms with Crippen molar-refractivity contribution >= 4 is 27.4 Å². The van der Waals surface area contributed by atoms with E-state index in [1.807, 2.05) is 19.1 Å². The van der Waals surface area contributed by atoms with Gasteiger partial charge in [-0.25, -0.2) is 18.4 Å². The van der Waals surface area contributed by atoms with Crippen LogP contribution in [0, 0.1) is 6.92 Å². The number of phenolic OH excluding ortho intramolecular Hbond substituents is 1. The topological polar surface area (TPSA) is 122 Å². The number of amides is 2. The Kier molecular flexibility index (Phi) is 4.34. The number of nitrogens with one attached hydrogen (secondary N) is 2. The number of rotatable bonds is 3. The van der Waals surface area contributed by atoms with Crippen LogP contribution in [0.3, 0.4) is 0 Å². The largest absolute Gasteiger partial charge is 0.506 e. The molecule has 0 fully saturated rings. The second-order valence-electron chi connectivity index (χ2n) is 4.62. The lowest BCUT2D eigenvalue weighted by atomic mass is 10.2. The maximum absolute atomic E-state index is 11.9. The normalized spacial score (nSPS) is 11.0. The first-order valence-corrected chi connectivity index (χ1v) is 7.81. The molecule has 7 nitrogen and oxygen atoms in total. The minimum atomic E-state index is -3.93. The standard InChI is InChI=1S/C14H15N3O4S/c1-9-4-2-3-5-11(9)16-14(19)17-12-8-10(22(15,20)21)6-7-13(12)18/h2-8,18H,1H3,(H2,15,20,21)(H2,16,17,19). The van der Waals surface area contributed by atoms with Gasteiger partial charge in [0.05, 0.1) is 10.6 Å². The number of primary sulfonamides is 1. The third kappa shape index (κ3) is 3.74. The number of carbonyl (C=O) groups is 1. The average molecular weight is 321 g/mol. The van der Waals surface area contributed by atoms with Gasteiger partial charge in [0.25, 0.3) is 0 Å². The van der Waals surface area contributed by atoms with Crippen molar-refractivity contribution in [2.75, 3.05) is 10.6 Å². The number of hydrogen-bond acceptors (Lipinski definition) is 4. The second-order valence-corrected chi connectivity index (χ2v) is 6.18. The van der Waals surface area contributed by atoms with Gasteiger partial charge >= 0.3 is 6.03 Å². The van der Waals surface area contributed by atoms with E-state index in [2.05, 4.69) is 10.6 Å². The summed E-state index contributed by atoms with van der Waals surface area (Å²) in [4.78, 5) is 11.7. The number of para-hydroxylation sites is 1. The van der Waals surface area contributed by atoms with Crippen LogP contribution in [-0.2, 0) is 10.0 Å². The van der Waals surface area contributed by atoms with Crippen LogP contribution in [-0.4, -0.2) is 19.6 Å². The first-order valence-electron chi connectivity index (χ1n) is 6.27. The number of carbonyl (C=O) groups excluding carboxylic acids is 1. The Morgan fingerprint density at radius 2 is 1.73 bits per heavy atom. The zero-order valence-corrected chi connectivity index (χ0v) is 12.5. The predicted octanol–water partition coefficient (Wildman–Crippen LogP) is 1.99. The first-order chi connectivity index (χ1) is 10.3. The summed E-state index contributed by atoms with van der Waals surface area (Å²) in [6.07, 6.45) is 0. The van der Waals surface area contributed by atoms with E-state index in [0.29, 0.717) is 5.69 Å². The number of sulfonamides is 1. The second kappa shape index (κ2) is 6.04. The fourth-order valence-electron chi connectivity index (χ4n) is 1.78. The van der Waals surface area contributed by atoms with Crippen LogP contribution >= 0.6 is 0 Å². The highest BCUT2D eigenvalue weighted by Crippen LogP contribution is 2.26. The molecular weight excluding hydrogens is 306 g/mol. The zero-order chi connectivity index (χ0) is 16.3. The van der Waals surface area contributed by atoms with E-state index in [9.17, 15) is 18.3 Å². The van der Waals surface area contributed by atoms with Gasteiger partial charge < -0.3 is 15.7 Å². The average Bonchev–Trinajstić information content (AvgIpc) is 2.42. The Morgan fingerprint density at radius 3 is 2.36 bits per heavy atom. The molecule has 0 spiro atoms. The molecule has 8 heteroatoms. The van der Waals surface area contributed by atoms with Gasteiger partial charge in [-0.15, -0.1) is 0 Å². The molecule has 0 saturated carbocycles. The molecular formula is C14H15N3O4S. The molecule has 0 heterocycles. The molecule has 2 aromatic rings. The van der Waals surface area contributed by atoms with E-state index in [4.69, 9.17) is 5.14 Å². The molecule has 2 rings (SSSR count). The molecule has 0 atom stereocenters. The Balaban J connectivity index is 2.20. The third-order valence-corrected chi connectivity index (χ3v) is 3.85. The Labute approximate surface area is 127 Å². The fraction of sp³-hybridized carbons (Fsp3) is 0.0714. The summed E-state index contributed by atoms with van der Waals surface area (Å²) in [5, 5.41) is 19.7. The minimum absolute atomic E-state index is 0.0578. The molecule has 0 aliphatic rings. The van der Waals surface area contributed by atoms with E-state index < -0.39 is 16.1 Å². The SMILES string of the molecule is Cc1ccccc1NC(=O)Nc1cc(S(N)(=O)=O)ccc1O. The number of hydrogen-bond donors (Lipinski definition) is 4. The highest BCUT2D eigenvalue weighted by Gasteiger charge is 2.13. The van der Waals surface area contributed by atoms with Gasteiger partial charge in [0.2, 0.25) is 10.0 Å². The zero-order valence-electron chi connectivity index (χ0n) is 11.7. The summed E-state index contributed by atoms with van der Waals surface area (Å²) in [7, 11) is -3.93. The highest BCUT2D eigenvalue weighted by atomic mass is 32.2. The van der Waals surface area contributed by atoms with Crippen molar-refractivity contribution in [3.63, 3.8) is 0 Å². The van der Waals surface area contributed by atoms with E-state index >= 15 is 0 Å². The van der Waals surface area contributed by atoms with Crippen LogP contribution in [0.15, 0.2) is 47.4 Å². The molecule has 5 N–H and O–H groups in total. The molecule has 0 aromatic heterocycles. The van der Waals surface area contributed by atoms with Crippen LogP contribution in [0.5, 0.6) is 5.75 Å². The van der Waals surface area contributed by atoms with Gasteiger partial charge in [-0.05, 0) is 36.8 Å². The summed E-state index contributed by atoms with van der Waals surface area (Å²) in [5.41, 5.74) is 1.40. The maximum atomic E-state index is 11.9. The summed E-state index contributed by atoms with van der Waals surface area (Å²) >= 11 is 0. The van der Waals surface area contributed by atoms with Crippen LogP contribution < -0.4 is 15.8 Å². The summed E-state index contributed by atoms with van der Waals surface area (Å²) in [6.45, 7) is 1.83. The van der Waals surface area contributed by atoms with Crippen LogP contribution in [0.2, 0.25) is 0 Å². The summed E-state index contributed by atoms with van der Waals surface area (Å²) in [5.74, 6) is -0.271.